The smallest absolute Gasteiger partial charge is 0.251 e. The molecule has 1 N–H and O–H groups in total. The predicted octanol–water partition coefficient (Wildman–Crippen LogP) is 4.13. The molecule has 18 heavy (non-hydrogen) atoms. The molecule has 0 heterocycles. The zero-order chi connectivity index (χ0) is 13.7. The molecule has 100 valence electrons. The van der Waals surface area contributed by atoms with Crippen LogP contribution in [0.15, 0.2) is 22.7 Å². The normalized spacial score (nSPS) is 12.6. The maximum Gasteiger partial charge on any atom is 0.251 e. The Hall–Kier alpha value is -0.420. The fourth-order valence-corrected chi connectivity index (χ4v) is 2.32. The number of nitrogens with one attached hydrogen (secondary N) is 1. The summed E-state index contributed by atoms with van der Waals surface area (Å²) in [5.74, 6) is -0.322. The van der Waals surface area contributed by atoms with E-state index in [9.17, 15) is 9.18 Å². The average Bonchev–Trinajstić information content (AvgIpc) is 2.31. The number of alkyl halides is 1. The summed E-state index contributed by atoms with van der Waals surface area (Å²) in [6, 6.07) is 4.47. The van der Waals surface area contributed by atoms with Crippen molar-refractivity contribution in [3.63, 3.8) is 0 Å². The predicted molar refractivity (Wildman–Crippen MR) is 78.6 cm³/mol. The van der Waals surface area contributed by atoms with Gasteiger partial charge < -0.3 is 5.32 Å². The number of hydrogen-bond acceptors (Lipinski definition) is 1. The van der Waals surface area contributed by atoms with Gasteiger partial charge in [0.15, 0.2) is 0 Å². The first kappa shape index (κ1) is 15.6. The number of carbonyl (C=O) groups is 1. The van der Waals surface area contributed by atoms with E-state index in [4.69, 9.17) is 0 Å². The summed E-state index contributed by atoms with van der Waals surface area (Å²) in [7, 11) is 0. The van der Waals surface area contributed by atoms with Crippen LogP contribution in [0, 0.1) is 11.7 Å². The van der Waals surface area contributed by atoms with Gasteiger partial charge in [-0.15, -0.1) is 0 Å². The Morgan fingerprint density at radius 3 is 2.61 bits per heavy atom. The van der Waals surface area contributed by atoms with Gasteiger partial charge in [-0.3, -0.25) is 4.79 Å². The molecule has 0 aliphatic rings. The van der Waals surface area contributed by atoms with E-state index in [1.165, 1.54) is 6.07 Å². The molecule has 0 aliphatic carbocycles. The molecule has 1 rings (SSSR count). The van der Waals surface area contributed by atoms with Crippen LogP contribution in [-0.2, 0) is 0 Å². The van der Waals surface area contributed by atoms with E-state index in [-0.39, 0.29) is 11.9 Å². The van der Waals surface area contributed by atoms with Gasteiger partial charge in [0.05, 0.1) is 4.47 Å². The van der Waals surface area contributed by atoms with E-state index in [2.05, 4.69) is 51.0 Å². The summed E-state index contributed by atoms with van der Waals surface area (Å²) in [6.07, 6.45) is 0.850. The van der Waals surface area contributed by atoms with Crippen molar-refractivity contribution in [2.75, 3.05) is 5.33 Å². The highest BCUT2D eigenvalue weighted by Gasteiger charge is 2.17. The van der Waals surface area contributed by atoms with Crippen molar-refractivity contribution in [3.05, 3.63) is 34.1 Å². The first-order chi connectivity index (χ1) is 8.45. The Morgan fingerprint density at radius 1 is 1.44 bits per heavy atom. The fraction of sp³-hybridized carbons (Fsp3) is 0.462. The molecule has 0 spiro atoms. The van der Waals surface area contributed by atoms with E-state index in [1.807, 2.05) is 0 Å². The van der Waals surface area contributed by atoms with Crippen molar-refractivity contribution in [1.29, 1.82) is 0 Å². The number of rotatable bonds is 5. The zero-order valence-corrected chi connectivity index (χ0v) is 13.5. The molecular formula is C13H16Br2FNO. The molecule has 0 saturated heterocycles. The largest absolute Gasteiger partial charge is 0.349 e. The number of benzene rings is 1. The summed E-state index contributed by atoms with van der Waals surface area (Å²) in [4.78, 5) is 12.0. The summed E-state index contributed by atoms with van der Waals surface area (Å²) in [6.45, 7) is 4.10. The number of halogens is 3. The first-order valence-electron chi connectivity index (χ1n) is 5.77. The van der Waals surface area contributed by atoms with Crippen molar-refractivity contribution in [1.82, 2.24) is 5.32 Å². The molecule has 1 aromatic carbocycles. The van der Waals surface area contributed by atoms with E-state index in [0.29, 0.717) is 16.0 Å². The molecule has 0 radical (unpaired) electrons. The van der Waals surface area contributed by atoms with Gasteiger partial charge in [-0.1, -0.05) is 29.8 Å². The molecule has 0 aliphatic heterocycles. The molecule has 2 nitrogen and oxygen atoms in total. The molecule has 1 amide bonds. The maximum atomic E-state index is 13.3. The van der Waals surface area contributed by atoms with Crippen LogP contribution in [-0.4, -0.2) is 17.3 Å². The van der Waals surface area contributed by atoms with Gasteiger partial charge in [0.1, 0.15) is 5.82 Å². The van der Waals surface area contributed by atoms with Gasteiger partial charge in [0.25, 0.3) is 5.91 Å². The van der Waals surface area contributed by atoms with Gasteiger partial charge in [-0.25, -0.2) is 4.39 Å². The van der Waals surface area contributed by atoms with Crippen LogP contribution < -0.4 is 5.32 Å². The van der Waals surface area contributed by atoms with Crippen molar-refractivity contribution in [2.45, 2.75) is 26.3 Å². The molecule has 1 unspecified atom stereocenters. The van der Waals surface area contributed by atoms with Crippen LogP contribution in [0.2, 0.25) is 0 Å². The highest BCUT2D eigenvalue weighted by atomic mass is 79.9. The zero-order valence-electron chi connectivity index (χ0n) is 10.3. The molecule has 0 bridgehead atoms. The van der Waals surface area contributed by atoms with E-state index >= 15 is 0 Å². The first-order valence-corrected chi connectivity index (χ1v) is 7.69. The van der Waals surface area contributed by atoms with Crippen molar-refractivity contribution in [3.8, 4) is 0 Å². The van der Waals surface area contributed by atoms with Gasteiger partial charge in [-0.2, -0.15) is 0 Å². The Kier molecular flexibility index (Phi) is 6.29. The van der Waals surface area contributed by atoms with Gasteiger partial charge in [-0.05, 0) is 46.5 Å². The third-order valence-corrected chi connectivity index (χ3v) is 3.82. The number of hydrogen-bond donors (Lipinski definition) is 1. The standard InChI is InChI=1S/C13H16Br2FNO/c1-8(2)12(5-6-14)17-13(18)9-3-4-10(15)11(16)7-9/h3-4,7-8,12H,5-6H2,1-2H3,(H,17,18). The summed E-state index contributed by atoms with van der Waals surface area (Å²) < 4.78 is 13.7. The van der Waals surface area contributed by atoms with E-state index < -0.39 is 5.82 Å². The second-order valence-electron chi connectivity index (χ2n) is 4.43. The molecule has 0 aromatic heterocycles. The SMILES string of the molecule is CC(C)C(CCBr)NC(=O)c1ccc(Br)c(F)c1. The molecule has 0 saturated carbocycles. The monoisotopic (exact) mass is 379 g/mol. The lowest BCUT2D eigenvalue weighted by Crippen LogP contribution is -2.38. The fourth-order valence-electron chi connectivity index (χ4n) is 1.58. The topological polar surface area (TPSA) is 29.1 Å². The maximum absolute atomic E-state index is 13.3. The molecule has 0 fully saturated rings. The molecular weight excluding hydrogens is 365 g/mol. The van der Waals surface area contributed by atoms with Gasteiger partial charge in [0.2, 0.25) is 0 Å². The molecule has 1 aromatic rings. The lowest BCUT2D eigenvalue weighted by molar-refractivity contribution is 0.0924. The lowest BCUT2D eigenvalue weighted by atomic mass is 10.0. The summed E-state index contributed by atoms with van der Waals surface area (Å²) in [5.41, 5.74) is 0.343. The Morgan fingerprint density at radius 2 is 2.11 bits per heavy atom. The minimum absolute atomic E-state index is 0.0867. The molecule has 5 heteroatoms. The summed E-state index contributed by atoms with van der Waals surface area (Å²) in [5, 5.41) is 3.75. The number of carbonyl (C=O) groups excluding carboxylic acids is 1. The minimum atomic E-state index is -0.427. The van der Waals surface area contributed by atoms with Crippen molar-refractivity contribution >= 4 is 37.8 Å². The highest BCUT2D eigenvalue weighted by Crippen LogP contribution is 2.17. The highest BCUT2D eigenvalue weighted by molar-refractivity contribution is 9.10. The van der Waals surface area contributed by atoms with Crippen LogP contribution in [0.3, 0.4) is 0 Å². The number of amides is 1. The summed E-state index contributed by atoms with van der Waals surface area (Å²) >= 11 is 6.43. The van der Waals surface area contributed by atoms with Crippen LogP contribution >= 0.6 is 31.9 Å². The van der Waals surface area contributed by atoms with Crippen LogP contribution in [0.25, 0.3) is 0 Å². The van der Waals surface area contributed by atoms with Crippen LogP contribution in [0.5, 0.6) is 0 Å². The quantitative estimate of drug-likeness (QED) is 0.764. The second-order valence-corrected chi connectivity index (χ2v) is 6.08. The third kappa shape index (κ3) is 4.35. The van der Waals surface area contributed by atoms with E-state index in [1.54, 1.807) is 12.1 Å². The van der Waals surface area contributed by atoms with Gasteiger partial charge in [0, 0.05) is 16.9 Å². The Labute approximate surface area is 124 Å². The van der Waals surface area contributed by atoms with E-state index in [0.717, 1.165) is 11.8 Å². The van der Waals surface area contributed by atoms with Crippen molar-refractivity contribution in [2.24, 2.45) is 5.92 Å². The Balaban J connectivity index is 2.77. The lowest BCUT2D eigenvalue weighted by Gasteiger charge is -2.21. The van der Waals surface area contributed by atoms with Crippen LogP contribution in [0.4, 0.5) is 4.39 Å². The van der Waals surface area contributed by atoms with Gasteiger partial charge >= 0.3 is 0 Å². The second kappa shape index (κ2) is 7.24. The van der Waals surface area contributed by atoms with Crippen LogP contribution in [0.1, 0.15) is 30.6 Å². The Bertz CT molecular complexity index is 423. The minimum Gasteiger partial charge on any atom is -0.349 e. The molecule has 1 atom stereocenters. The third-order valence-electron chi connectivity index (χ3n) is 2.72. The average molecular weight is 381 g/mol. The van der Waals surface area contributed by atoms with Crippen molar-refractivity contribution < 1.29 is 9.18 Å².